The fourth-order valence-corrected chi connectivity index (χ4v) is 3.65. The Hall–Kier alpha value is -1.68. The van der Waals surface area contributed by atoms with E-state index in [0.717, 1.165) is 17.7 Å². The summed E-state index contributed by atoms with van der Waals surface area (Å²) in [5, 5.41) is 2.81. The van der Waals surface area contributed by atoms with Crippen LogP contribution in [0.4, 0.5) is 10.1 Å². The Balaban J connectivity index is 1.76. The van der Waals surface area contributed by atoms with Crippen molar-refractivity contribution in [2.75, 3.05) is 5.32 Å². The number of carbonyl (C=O) groups excluding carboxylic acids is 1. The van der Waals surface area contributed by atoms with E-state index >= 15 is 0 Å². The predicted octanol–water partition coefficient (Wildman–Crippen LogP) is 4.26. The molecule has 0 saturated carbocycles. The van der Waals surface area contributed by atoms with Gasteiger partial charge in [0.1, 0.15) is 5.82 Å². The molecule has 0 fully saturated rings. The highest BCUT2D eigenvalue weighted by molar-refractivity contribution is 7.14. The lowest BCUT2D eigenvalue weighted by atomic mass is 9.90. The molecule has 1 atom stereocenters. The summed E-state index contributed by atoms with van der Waals surface area (Å²) >= 11 is 1.58. The Morgan fingerprint density at radius 2 is 2.10 bits per heavy atom. The summed E-state index contributed by atoms with van der Waals surface area (Å²) in [4.78, 5) is 14.3. The van der Waals surface area contributed by atoms with Crippen molar-refractivity contribution < 1.29 is 9.18 Å². The Kier molecular flexibility index (Phi) is 3.57. The third-order valence-corrected chi connectivity index (χ3v) is 4.89. The fraction of sp³-hybridized carbons (Fsp3) is 0.312. The summed E-state index contributed by atoms with van der Waals surface area (Å²) in [7, 11) is 0. The van der Waals surface area contributed by atoms with Gasteiger partial charge in [0.2, 0.25) is 0 Å². The normalized spacial score (nSPS) is 17.6. The molecule has 0 spiro atoms. The van der Waals surface area contributed by atoms with Gasteiger partial charge in [-0.3, -0.25) is 4.79 Å². The number of hydrogen-bond donors (Lipinski definition) is 1. The van der Waals surface area contributed by atoms with Crippen LogP contribution in [0.5, 0.6) is 0 Å². The average Bonchev–Trinajstić information content (AvgIpc) is 2.84. The van der Waals surface area contributed by atoms with Crippen LogP contribution in [0.1, 0.15) is 33.5 Å². The van der Waals surface area contributed by atoms with Crippen molar-refractivity contribution in [1.82, 2.24) is 0 Å². The molecule has 20 heavy (non-hydrogen) atoms. The topological polar surface area (TPSA) is 29.1 Å². The highest BCUT2D eigenvalue weighted by atomic mass is 32.1. The summed E-state index contributed by atoms with van der Waals surface area (Å²) in [6.07, 6.45) is 3.34. The van der Waals surface area contributed by atoms with Crippen LogP contribution in [0.25, 0.3) is 0 Å². The highest BCUT2D eigenvalue weighted by Gasteiger charge is 2.20. The third kappa shape index (κ3) is 2.75. The fourth-order valence-electron chi connectivity index (χ4n) is 2.54. The number of rotatable bonds is 2. The summed E-state index contributed by atoms with van der Waals surface area (Å²) in [5.41, 5.74) is 1.94. The van der Waals surface area contributed by atoms with Crippen LogP contribution in [0.2, 0.25) is 0 Å². The molecule has 0 radical (unpaired) electrons. The summed E-state index contributed by atoms with van der Waals surface area (Å²) in [6.45, 7) is 2.25. The molecular formula is C16H16FNOS. The Morgan fingerprint density at radius 1 is 1.35 bits per heavy atom. The van der Waals surface area contributed by atoms with Crippen molar-refractivity contribution in [1.29, 1.82) is 0 Å². The minimum Gasteiger partial charge on any atom is -0.321 e. The quantitative estimate of drug-likeness (QED) is 0.879. The highest BCUT2D eigenvalue weighted by Crippen LogP contribution is 2.32. The minimum atomic E-state index is -0.302. The number of aryl methyl sites for hydroxylation is 1. The molecular weight excluding hydrogens is 273 g/mol. The molecule has 104 valence electrons. The van der Waals surface area contributed by atoms with Gasteiger partial charge < -0.3 is 5.32 Å². The molecule has 2 nitrogen and oxygen atoms in total. The van der Waals surface area contributed by atoms with Crippen LogP contribution in [0.15, 0.2) is 30.3 Å². The number of carbonyl (C=O) groups is 1. The lowest BCUT2D eigenvalue weighted by Gasteiger charge is -2.16. The molecule has 1 aromatic heterocycles. The molecule has 4 heteroatoms. The minimum absolute atomic E-state index is 0.108. The van der Waals surface area contributed by atoms with Gasteiger partial charge in [0.25, 0.3) is 5.91 Å². The molecule has 3 rings (SSSR count). The van der Waals surface area contributed by atoms with E-state index in [-0.39, 0.29) is 11.7 Å². The van der Waals surface area contributed by atoms with Gasteiger partial charge in [0.05, 0.1) is 4.88 Å². The molecule has 1 aromatic carbocycles. The monoisotopic (exact) mass is 289 g/mol. The number of amides is 1. The van der Waals surface area contributed by atoms with E-state index in [1.165, 1.54) is 29.0 Å². The van der Waals surface area contributed by atoms with E-state index in [4.69, 9.17) is 0 Å². The van der Waals surface area contributed by atoms with Crippen molar-refractivity contribution >= 4 is 22.9 Å². The van der Waals surface area contributed by atoms with Crippen molar-refractivity contribution in [2.24, 2.45) is 5.92 Å². The van der Waals surface area contributed by atoms with Crippen LogP contribution in [0.3, 0.4) is 0 Å². The van der Waals surface area contributed by atoms with Crippen molar-refractivity contribution in [3.8, 4) is 0 Å². The van der Waals surface area contributed by atoms with Crippen LogP contribution in [-0.2, 0) is 12.8 Å². The first-order valence-electron chi connectivity index (χ1n) is 6.80. The maximum Gasteiger partial charge on any atom is 0.265 e. The molecule has 0 unspecified atom stereocenters. The van der Waals surface area contributed by atoms with E-state index in [0.29, 0.717) is 11.6 Å². The standard InChI is InChI=1S/C16H16FNOS/c1-10-2-7-14-11(8-10)9-15(20-14)16(19)18-13-5-3-12(17)4-6-13/h3-6,9-10H,2,7-8H2,1H3,(H,18,19)/t10-/m1/s1. The number of nitrogens with one attached hydrogen (secondary N) is 1. The van der Waals surface area contributed by atoms with Gasteiger partial charge in [-0.05, 0) is 61.1 Å². The van der Waals surface area contributed by atoms with Gasteiger partial charge in [-0.1, -0.05) is 6.92 Å². The Labute approximate surface area is 121 Å². The zero-order valence-corrected chi connectivity index (χ0v) is 12.1. The van der Waals surface area contributed by atoms with Crippen LogP contribution < -0.4 is 5.32 Å². The van der Waals surface area contributed by atoms with Gasteiger partial charge in [-0.2, -0.15) is 0 Å². The lowest BCUT2D eigenvalue weighted by Crippen LogP contribution is -2.10. The number of halogens is 1. The number of fused-ring (bicyclic) bond motifs is 1. The van der Waals surface area contributed by atoms with Crippen LogP contribution in [-0.4, -0.2) is 5.91 Å². The number of hydrogen-bond acceptors (Lipinski definition) is 2. The molecule has 1 aliphatic rings. The average molecular weight is 289 g/mol. The largest absolute Gasteiger partial charge is 0.321 e. The lowest BCUT2D eigenvalue weighted by molar-refractivity contribution is 0.103. The van der Waals surface area contributed by atoms with Gasteiger partial charge in [-0.15, -0.1) is 11.3 Å². The number of thiophene rings is 1. The number of anilines is 1. The molecule has 1 aliphatic carbocycles. The van der Waals surface area contributed by atoms with Crippen molar-refractivity contribution in [2.45, 2.75) is 26.2 Å². The van der Waals surface area contributed by atoms with Gasteiger partial charge in [0, 0.05) is 10.6 Å². The summed E-state index contributed by atoms with van der Waals surface area (Å²) in [5.74, 6) is 0.289. The second kappa shape index (κ2) is 5.37. The Bertz CT molecular complexity index is 632. The molecule has 0 aliphatic heterocycles. The van der Waals surface area contributed by atoms with E-state index in [1.807, 2.05) is 6.07 Å². The number of benzene rings is 1. The summed E-state index contributed by atoms with van der Waals surface area (Å²) < 4.78 is 12.8. The molecule has 1 amide bonds. The van der Waals surface area contributed by atoms with Crippen molar-refractivity contribution in [3.05, 3.63) is 51.5 Å². The van der Waals surface area contributed by atoms with Gasteiger partial charge >= 0.3 is 0 Å². The second-order valence-corrected chi connectivity index (χ2v) is 6.50. The first-order valence-corrected chi connectivity index (χ1v) is 7.62. The molecule has 0 bridgehead atoms. The SMILES string of the molecule is C[C@@H]1CCc2sc(C(=O)Nc3ccc(F)cc3)cc2C1. The second-order valence-electron chi connectivity index (χ2n) is 5.37. The van der Waals surface area contributed by atoms with E-state index < -0.39 is 0 Å². The molecule has 1 heterocycles. The van der Waals surface area contributed by atoms with Crippen molar-refractivity contribution in [3.63, 3.8) is 0 Å². The molecule has 1 N–H and O–H groups in total. The zero-order chi connectivity index (χ0) is 14.1. The van der Waals surface area contributed by atoms with Crippen LogP contribution >= 0.6 is 11.3 Å². The third-order valence-electron chi connectivity index (χ3n) is 3.66. The predicted molar refractivity (Wildman–Crippen MR) is 79.9 cm³/mol. The maximum atomic E-state index is 12.8. The first-order chi connectivity index (χ1) is 9.61. The van der Waals surface area contributed by atoms with Gasteiger partial charge in [0.15, 0.2) is 0 Å². The smallest absolute Gasteiger partial charge is 0.265 e. The van der Waals surface area contributed by atoms with Gasteiger partial charge in [-0.25, -0.2) is 4.39 Å². The maximum absolute atomic E-state index is 12.8. The van der Waals surface area contributed by atoms with E-state index in [1.54, 1.807) is 23.5 Å². The molecule has 2 aromatic rings. The van der Waals surface area contributed by atoms with Crippen LogP contribution in [0, 0.1) is 11.7 Å². The zero-order valence-electron chi connectivity index (χ0n) is 11.3. The summed E-state index contributed by atoms with van der Waals surface area (Å²) in [6, 6.07) is 7.84. The molecule has 0 saturated heterocycles. The Morgan fingerprint density at radius 3 is 2.85 bits per heavy atom. The van der Waals surface area contributed by atoms with E-state index in [2.05, 4.69) is 12.2 Å². The van der Waals surface area contributed by atoms with E-state index in [9.17, 15) is 9.18 Å². The first kappa shape index (κ1) is 13.3.